The second kappa shape index (κ2) is 6.01. The van der Waals surface area contributed by atoms with Crippen LogP contribution in [0.5, 0.6) is 11.5 Å². The number of aryl methyl sites for hydroxylation is 1. The molecule has 1 saturated heterocycles. The van der Waals surface area contributed by atoms with Gasteiger partial charge in [-0.25, -0.2) is 0 Å². The first kappa shape index (κ1) is 14.9. The van der Waals surface area contributed by atoms with Crippen molar-refractivity contribution in [2.24, 2.45) is 0 Å². The normalized spacial score (nSPS) is 20.8. The molecule has 1 aromatic carbocycles. The summed E-state index contributed by atoms with van der Waals surface area (Å²) in [5.74, 6) is 1.39. The highest BCUT2D eigenvalue weighted by atomic mass is 32.1. The Bertz CT molecular complexity index is 695. The summed E-state index contributed by atoms with van der Waals surface area (Å²) in [6, 6.07) is 7.82. The maximum atomic E-state index is 12.4. The van der Waals surface area contributed by atoms with E-state index in [1.165, 1.54) is 10.4 Å². The molecule has 1 N–H and O–H groups in total. The summed E-state index contributed by atoms with van der Waals surface area (Å²) in [5, 5.41) is 5.08. The van der Waals surface area contributed by atoms with Crippen LogP contribution in [-0.2, 0) is 4.79 Å². The summed E-state index contributed by atoms with van der Waals surface area (Å²) in [6.45, 7) is 2.78. The van der Waals surface area contributed by atoms with E-state index in [0.29, 0.717) is 18.0 Å². The number of carbonyl (C=O) groups is 1. The number of hydrogen-bond donors (Lipinski definition) is 1. The summed E-state index contributed by atoms with van der Waals surface area (Å²) < 4.78 is 10.6. The highest BCUT2D eigenvalue weighted by Gasteiger charge is 2.38. The van der Waals surface area contributed by atoms with Crippen LogP contribution < -0.4 is 14.8 Å². The highest BCUT2D eigenvalue weighted by molar-refractivity contribution is 7.10. The standard InChI is InChI=1S/C17H19NO3S/c1-10-6-7-22-16(10)12-9-18-17(19)15(12)11-4-5-13(20-2)14(8-11)21-3/h4-8,12,15H,9H2,1-3H3,(H,18,19)/t12-,15+/m1/s1. The minimum atomic E-state index is -0.183. The fourth-order valence-electron chi connectivity index (χ4n) is 3.06. The van der Waals surface area contributed by atoms with Crippen LogP contribution in [0.2, 0.25) is 0 Å². The summed E-state index contributed by atoms with van der Waals surface area (Å²) in [5.41, 5.74) is 2.21. The maximum absolute atomic E-state index is 12.4. The predicted molar refractivity (Wildman–Crippen MR) is 87.1 cm³/mol. The van der Waals surface area contributed by atoms with Gasteiger partial charge in [-0.15, -0.1) is 11.3 Å². The van der Waals surface area contributed by atoms with E-state index in [4.69, 9.17) is 9.47 Å². The van der Waals surface area contributed by atoms with Crippen molar-refractivity contribution in [2.75, 3.05) is 20.8 Å². The number of carbonyl (C=O) groups excluding carboxylic acids is 1. The second-order valence-electron chi connectivity index (χ2n) is 5.41. The van der Waals surface area contributed by atoms with E-state index in [1.54, 1.807) is 25.6 Å². The highest BCUT2D eigenvalue weighted by Crippen LogP contribution is 2.42. The lowest BCUT2D eigenvalue weighted by Gasteiger charge is -2.18. The van der Waals surface area contributed by atoms with E-state index in [1.807, 2.05) is 18.2 Å². The molecule has 0 radical (unpaired) electrons. The van der Waals surface area contributed by atoms with E-state index in [0.717, 1.165) is 5.56 Å². The summed E-state index contributed by atoms with van der Waals surface area (Å²) in [6.07, 6.45) is 0. The molecule has 1 aromatic heterocycles. The van der Waals surface area contributed by atoms with Gasteiger partial charge in [0.05, 0.1) is 20.1 Å². The van der Waals surface area contributed by atoms with Crippen molar-refractivity contribution in [3.63, 3.8) is 0 Å². The number of ether oxygens (including phenoxy) is 2. The van der Waals surface area contributed by atoms with Crippen molar-refractivity contribution in [1.29, 1.82) is 0 Å². The van der Waals surface area contributed by atoms with Gasteiger partial charge in [0.1, 0.15) is 0 Å². The van der Waals surface area contributed by atoms with E-state index < -0.39 is 0 Å². The van der Waals surface area contributed by atoms with Crippen molar-refractivity contribution in [2.45, 2.75) is 18.8 Å². The lowest BCUT2D eigenvalue weighted by Crippen LogP contribution is -2.18. The van der Waals surface area contributed by atoms with Gasteiger partial charge in [0, 0.05) is 17.3 Å². The quantitative estimate of drug-likeness (QED) is 0.943. The van der Waals surface area contributed by atoms with Gasteiger partial charge in [-0.05, 0) is 41.6 Å². The zero-order valence-corrected chi connectivity index (χ0v) is 13.7. The number of nitrogens with one attached hydrogen (secondary N) is 1. The van der Waals surface area contributed by atoms with E-state index in [9.17, 15) is 4.79 Å². The Balaban J connectivity index is 2.01. The van der Waals surface area contributed by atoms with Crippen LogP contribution in [0.15, 0.2) is 29.6 Å². The number of thiophene rings is 1. The third kappa shape index (κ3) is 2.46. The Morgan fingerprint density at radius 3 is 2.59 bits per heavy atom. The molecular weight excluding hydrogens is 298 g/mol. The Morgan fingerprint density at radius 2 is 1.95 bits per heavy atom. The number of methoxy groups -OCH3 is 2. The van der Waals surface area contributed by atoms with Gasteiger partial charge in [0.25, 0.3) is 0 Å². The first-order valence-electron chi connectivity index (χ1n) is 7.19. The lowest BCUT2D eigenvalue weighted by atomic mass is 9.86. The molecule has 0 spiro atoms. The third-order valence-electron chi connectivity index (χ3n) is 4.19. The van der Waals surface area contributed by atoms with Crippen LogP contribution in [0.3, 0.4) is 0 Å². The first-order valence-corrected chi connectivity index (χ1v) is 8.07. The van der Waals surface area contributed by atoms with Gasteiger partial charge in [-0.2, -0.15) is 0 Å². The van der Waals surface area contributed by atoms with E-state index >= 15 is 0 Å². The minimum Gasteiger partial charge on any atom is -0.493 e. The molecule has 1 aliphatic heterocycles. The maximum Gasteiger partial charge on any atom is 0.228 e. The summed E-state index contributed by atoms with van der Waals surface area (Å²) in [4.78, 5) is 13.6. The molecule has 2 heterocycles. The zero-order valence-electron chi connectivity index (χ0n) is 12.9. The molecule has 22 heavy (non-hydrogen) atoms. The molecule has 2 atom stereocenters. The third-order valence-corrected chi connectivity index (χ3v) is 5.34. The molecule has 0 bridgehead atoms. The Morgan fingerprint density at radius 1 is 1.18 bits per heavy atom. The molecule has 1 aliphatic rings. The molecule has 2 aromatic rings. The largest absolute Gasteiger partial charge is 0.493 e. The van der Waals surface area contributed by atoms with Crippen LogP contribution in [-0.4, -0.2) is 26.7 Å². The second-order valence-corrected chi connectivity index (χ2v) is 6.36. The Kier molecular flexibility index (Phi) is 4.07. The fourth-order valence-corrected chi connectivity index (χ4v) is 4.13. The monoisotopic (exact) mass is 317 g/mol. The van der Waals surface area contributed by atoms with Crippen LogP contribution in [0, 0.1) is 6.92 Å². The molecule has 3 rings (SSSR count). The fraction of sp³-hybridized carbons (Fsp3) is 0.353. The van der Waals surface area contributed by atoms with Crippen LogP contribution in [0.25, 0.3) is 0 Å². The van der Waals surface area contributed by atoms with Crippen molar-refractivity contribution < 1.29 is 14.3 Å². The van der Waals surface area contributed by atoms with Gasteiger partial charge >= 0.3 is 0 Å². The van der Waals surface area contributed by atoms with Crippen molar-refractivity contribution in [1.82, 2.24) is 5.32 Å². The molecule has 116 valence electrons. The smallest absolute Gasteiger partial charge is 0.228 e. The van der Waals surface area contributed by atoms with Gasteiger partial charge in [-0.1, -0.05) is 6.07 Å². The molecule has 5 heteroatoms. The van der Waals surface area contributed by atoms with Gasteiger partial charge in [0.15, 0.2) is 11.5 Å². The van der Waals surface area contributed by atoms with Gasteiger partial charge < -0.3 is 14.8 Å². The average molecular weight is 317 g/mol. The molecule has 1 fully saturated rings. The van der Waals surface area contributed by atoms with Crippen LogP contribution >= 0.6 is 11.3 Å². The van der Waals surface area contributed by atoms with Crippen LogP contribution in [0.4, 0.5) is 0 Å². The molecule has 0 saturated carbocycles. The molecule has 0 unspecified atom stereocenters. The number of benzene rings is 1. The topological polar surface area (TPSA) is 47.6 Å². The number of amides is 1. The molecule has 0 aliphatic carbocycles. The van der Waals surface area contributed by atoms with Crippen molar-refractivity contribution in [3.8, 4) is 11.5 Å². The van der Waals surface area contributed by atoms with Gasteiger partial charge in [-0.3, -0.25) is 4.79 Å². The van der Waals surface area contributed by atoms with E-state index in [-0.39, 0.29) is 17.7 Å². The Labute approximate surface area is 134 Å². The van der Waals surface area contributed by atoms with E-state index in [2.05, 4.69) is 23.7 Å². The Hall–Kier alpha value is -2.01. The summed E-state index contributed by atoms with van der Waals surface area (Å²) in [7, 11) is 3.22. The van der Waals surface area contributed by atoms with Crippen LogP contribution in [0.1, 0.15) is 27.8 Å². The zero-order chi connectivity index (χ0) is 15.7. The summed E-state index contributed by atoms with van der Waals surface area (Å²) >= 11 is 1.72. The van der Waals surface area contributed by atoms with Gasteiger partial charge in [0.2, 0.25) is 5.91 Å². The molecule has 1 amide bonds. The first-order chi connectivity index (χ1) is 10.7. The number of hydrogen-bond acceptors (Lipinski definition) is 4. The molecule has 4 nitrogen and oxygen atoms in total. The molecular formula is C17H19NO3S. The average Bonchev–Trinajstić information content (AvgIpc) is 3.12. The number of rotatable bonds is 4. The van der Waals surface area contributed by atoms with Crippen molar-refractivity contribution in [3.05, 3.63) is 45.6 Å². The van der Waals surface area contributed by atoms with Crippen molar-refractivity contribution >= 4 is 17.2 Å². The SMILES string of the molecule is COc1ccc([C@@H]2C(=O)NC[C@H]2c2sccc2C)cc1OC. The minimum absolute atomic E-state index is 0.0741. The lowest BCUT2D eigenvalue weighted by molar-refractivity contribution is -0.120. The predicted octanol–water partition coefficient (Wildman–Crippen LogP) is 3.07.